The highest BCUT2D eigenvalue weighted by Crippen LogP contribution is 2.35. The largest absolute Gasteiger partial charge is 0.493 e. The maximum Gasteiger partial charge on any atom is 0.298 e. The number of benzene rings is 2. The number of ether oxygens (including phenoxy) is 4. The molecule has 0 radical (unpaired) electrons. The molecule has 2 fully saturated rings. The highest BCUT2D eigenvalue weighted by Gasteiger charge is 2.40. The molecule has 0 bridgehead atoms. The Morgan fingerprint density at radius 1 is 1.12 bits per heavy atom. The molecule has 0 unspecified atom stereocenters. The van der Waals surface area contributed by atoms with Crippen LogP contribution in [0.1, 0.15) is 34.6 Å². The molecular weight excluding hydrogens is 461 g/mol. The average Bonchev–Trinajstić information content (AvgIpc) is 3.50. The number of methoxy groups -OCH3 is 1. The molecule has 0 atom stereocenters. The molecule has 10 heteroatoms. The molecule has 178 valence electrons. The first kappa shape index (κ1) is 22.7. The standard InChI is InChI=1S/C24H24FN3O5S/c1-30-20-15-17(22(29)28-10-8-24(9-11-28)31-12-13-32-24)4-7-19(20)33-23-26-21(27-34-23)14-16-2-5-18(25)6-3-16/h2-7,15H,8-14H2,1H3. The van der Waals surface area contributed by atoms with Gasteiger partial charge in [-0.2, -0.15) is 9.36 Å². The number of piperidine rings is 1. The van der Waals surface area contributed by atoms with Crippen LogP contribution < -0.4 is 9.47 Å². The Morgan fingerprint density at radius 3 is 2.56 bits per heavy atom. The van der Waals surface area contributed by atoms with Gasteiger partial charge in [-0.1, -0.05) is 12.1 Å². The van der Waals surface area contributed by atoms with Gasteiger partial charge in [0, 0.05) is 49.4 Å². The van der Waals surface area contributed by atoms with Crippen LogP contribution >= 0.6 is 11.5 Å². The Kier molecular flexibility index (Phi) is 6.44. The summed E-state index contributed by atoms with van der Waals surface area (Å²) in [5.41, 5.74) is 1.42. The minimum Gasteiger partial charge on any atom is -0.493 e. The van der Waals surface area contributed by atoms with Crippen molar-refractivity contribution >= 4 is 17.4 Å². The number of halogens is 1. The normalized spacial score (nSPS) is 17.2. The second-order valence-electron chi connectivity index (χ2n) is 8.15. The van der Waals surface area contributed by atoms with Gasteiger partial charge in [0.15, 0.2) is 23.1 Å². The molecule has 5 rings (SSSR count). The molecule has 2 aliphatic rings. The van der Waals surface area contributed by atoms with E-state index in [2.05, 4.69) is 9.36 Å². The molecule has 3 heterocycles. The predicted molar refractivity (Wildman–Crippen MR) is 122 cm³/mol. The summed E-state index contributed by atoms with van der Waals surface area (Å²) in [5, 5.41) is 0.354. The van der Waals surface area contributed by atoms with Crippen molar-refractivity contribution in [1.82, 2.24) is 14.3 Å². The maximum absolute atomic E-state index is 13.1. The summed E-state index contributed by atoms with van der Waals surface area (Å²) in [4.78, 5) is 19.2. The van der Waals surface area contributed by atoms with Gasteiger partial charge in [0.25, 0.3) is 11.1 Å². The van der Waals surface area contributed by atoms with Gasteiger partial charge >= 0.3 is 0 Å². The molecule has 34 heavy (non-hydrogen) atoms. The summed E-state index contributed by atoms with van der Waals surface area (Å²) >= 11 is 1.12. The number of hydrogen-bond acceptors (Lipinski definition) is 8. The Labute approximate surface area is 200 Å². The fourth-order valence-electron chi connectivity index (χ4n) is 4.13. The molecule has 0 aliphatic carbocycles. The molecule has 0 N–H and O–H groups in total. The quantitative estimate of drug-likeness (QED) is 0.521. The number of aromatic nitrogens is 2. The van der Waals surface area contributed by atoms with E-state index in [9.17, 15) is 9.18 Å². The Bertz CT molecular complexity index is 1150. The third kappa shape index (κ3) is 4.89. The van der Waals surface area contributed by atoms with E-state index in [1.54, 1.807) is 35.2 Å². The van der Waals surface area contributed by atoms with Gasteiger partial charge in [0.2, 0.25) is 0 Å². The van der Waals surface area contributed by atoms with Crippen molar-refractivity contribution in [2.24, 2.45) is 0 Å². The molecular formula is C24H24FN3O5S. The maximum atomic E-state index is 13.1. The number of carbonyl (C=O) groups is 1. The van der Waals surface area contributed by atoms with Crippen molar-refractivity contribution in [3.63, 3.8) is 0 Å². The number of nitrogens with zero attached hydrogens (tertiary/aromatic N) is 3. The summed E-state index contributed by atoms with van der Waals surface area (Å²) in [6.07, 6.45) is 1.79. The smallest absolute Gasteiger partial charge is 0.298 e. The minimum atomic E-state index is -0.524. The van der Waals surface area contributed by atoms with Gasteiger partial charge in [0.1, 0.15) is 5.82 Å². The molecule has 8 nitrogen and oxygen atoms in total. The van der Waals surface area contributed by atoms with Gasteiger partial charge in [0.05, 0.1) is 20.3 Å². The van der Waals surface area contributed by atoms with Crippen LogP contribution in [-0.2, 0) is 15.9 Å². The third-order valence-electron chi connectivity index (χ3n) is 5.96. The fourth-order valence-corrected chi connectivity index (χ4v) is 4.70. The van der Waals surface area contributed by atoms with E-state index >= 15 is 0 Å². The van der Waals surface area contributed by atoms with Crippen LogP contribution in [0.3, 0.4) is 0 Å². The lowest BCUT2D eigenvalue weighted by Gasteiger charge is -2.37. The second-order valence-corrected chi connectivity index (χ2v) is 8.86. The lowest BCUT2D eigenvalue weighted by molar-refractivity contribution is -0.181. The van der Waals surface area contributed by atoms with Gasteiger partial charge in [-0.15, -0.1) is 0 Å². The van der Waals surface area contributed by atoms with E-state index in [0.717, 1.165) is 17.1 Å². The fraction of sp³-hybridized carbons (Fsp3) is 0.375. The van der Waals surface area contributed by atoms with Gasteiger partial charge < -0.3 is 23.8 Å². The summed E-state index contributed by atoms with van der Waals surface area (Å²) in [6, 6.07) is 11.3. The van der Waals surface area contributed by atoms with E-state index in [4.69, 9.17) is 18.9 Å². The number of rotatable bonds is 6. The lowest BCUT2D eigenvalue weighted by Crippen LogP contribution is -2.47. The molecule has 1 amide bonds. The zero-order valence-electron chi connectivity index (χ0n) is 18.7. The van der Waals surface area contributed by atoms with Crippen LogP contribution in [0, 0.1) is 5.82 Å². The SMILES string of the molecule is COc1cc(C(=O)N2CCC3(CC2)OCCO3)ccc1Oc1nc(Cc2ccc(F)cc2)ns1. The van der Waals surface area contributed by atoms with E-state index in [-0.39, 0.29) is 11.7 Å². The van der Waals surface area contributed by atoms with Crippen molar-refractivity contribution < 1.29 is 28.1 Å². The van der Waals surface area contributed by atoms with Gasteiger partial charge in [-0.3, -0.25) is 4.79 Å². The number of carbonyl (C=O) groups excluding carboxylic acids is 1. The van der Waals surface area contributed by atoms with Crippen LogP contribution in [0.25, 0.3) is 0 Å². The zero-order valence-corrected chi connectivity index (χ0v) is 19.5. The van der Waals surface area contributed by atoms with E-state index < -0.39 is 5.79 Å². The molecule has 2 aliphatic heterocycles. The van der Waals surface area contributed by atoms with Crippen LogP contribution in [0.15, 0.2) is 42.5 Å². The summed E-state index contributed by atoms with van der Waals surface area (Å²) in [5.74, 6) is 0.564. The number of amides is 1. The Hall–Kier alpha value is -3.08. The van der Waals surface area contributed by atoms with Crippen LogP contribution in [0.2, 0.25) is 0 Å². The number of hydrogen-bond donors (Lipinski definition) is 0. The van der Waals surface area contributed by atoms with Crippen molar-refractivity contribution in [2.75, 3.05) is 33.4 Å². The predicted octanol–water partition coefficient (Wildman–Crippen LogP) is 4.05. The topological polar surface area (TPSA) is 83.0 Å². The second kappa shape index (κ2) is 9.65. The molecule has 2 saturated heterocycles. The molecule has 1 aromatic heterocycles. The van der Waals surface area contributed by atoms with Crippen LogP contribution in [0.4, 0.5) is 4.39 Å². The van der Waals surface area contributed by atoms with E-state index in [1.165, 1.54) is 19.2 Å². The third-order valence-corrected chi connectivity index (χ3v) is 6.59. The van der Waals surface area contributed by atoms with E-state index in [1.807, 2.05) is 0 Å². The lowest BCUT2D eigenvalue weighted by atomic mass is 10.0. The molecule has 3 aromatic rings. The first-order valence-electron chi connectivity index (χ1n) is 11.0. The van der Waals surface area contributed by atoms with Crippen LogP contribution in [-0.4, -0.2) is 59.4 Å². The van der Waals surface area contributed by atoms with Gasteiger partial charge in [-0.25, -0.2) is 4.39 Å². The zero-order chi connectivity index (χ0) is 23.5. The van der Waals surface area contributed by atoms with E-state index in [0.29, 0.717) is 73.6 Å². The van der Waals surface area contributed by atoms with Crippen LogP contribution in [0.5, 0.6) is 16.7 Å². The Balaban J connectivity index is 1.24. The van der Waals surface area contributed by atoms with Crippen molar-refractivity contribution in [2.45, 2.75) is 25.0 Å². The first-order chi connectivity index (χ1) is 16.5. The first-order valence-corrected chi connectivity index (χ1v) is 11.8. The summed E-state index contributed by atoms with van der Waals surface area (Å²) < 4.78 is 40.2. The number of likely N-dealkylation sites (tertiary alicyclic amines) is 1. The highest BCUT2D eigenvalue weighted by atomic mass is 32.1. The molecule has 2 aromatic carbocycles. The minimum absolute atomic E-state index is 0.0739. The Morgan fingerprint density at radius 2 is 1.85 bits per heavy atom. The van der Waals surface area contributed by atoms with Crippen molar-refractivity contribution in [3.8, 4) is 16.7 Å². The molecule has 0 saturated carbocycles. The highest BCUT2D eigenvalue weighted by molar-refractivity contribution is 7.07. The van der Waals surface area contributed by atoms with Crippen molar-refractivity contribution in [3.05, 3.63) is 65.2 Å². The summed E-state index contributed by atoms with van der Waals surface area (Å²) in [6.45, 7) is 2.35. The average molecular weight is 486 g/mol. The summed E-state index contributed by atoms with van der Waals surface area (Å²) in [7, 11) is 1.52. The van der Waals surface area contributed by atoms with Gasteiger partial charge in [-0.05, 0) is 35.9 Å². The van der Waals surface area contributed by atoms with Crippen molar-refractivity contribution in [1.29, 1.82) is 0 Å². The molecule has 1 spiro atoms. The monoisotopic (exact) mass is 485 g/mol.